The van der Waals surface area contributed by atoms with E-state index < -0.39 is 0 Å². The summed E-state index contributed by atoms with van der Waals surface area (Å²) in [5.74, 6) is 1.18. The third-order valence-electron chi connectivity index (χ3n) is 3.83. The number of nitrogens with zero attached hydrogens (tertiary/aromatic N) is 1. The lowest BCUT2D eigenvalue weighted by Gasteiger charge is -2.12. The van der Waals surface area contributed by atoms with Crippen molar-refractivity contribution in [1.82, 2.24) is 10.5 Å². The minimum absolute atomic E-state index is 0.110. The molecule has 0 spiro atoms. The number of hydrogen-bond acceptors (Lipinski definition) is 3. The molecule has 4 nitrogen and oxygen atoms in total. The Bertz CT molecular complexity index is 602. The third kappa shape index (κ3) is 3.72. The molecule has 1 N–H and O–H groups in total. The third-order valence-corrected chi connectivity index (χ3v) is 3.83. The van der Waals surface area contributed by atoms with Gasteiger partial charge in [-0.25, -0.2) is 0 Å². The number of nitrogens with one attached hydrogen (secondary N) is 1. The minimum Gasteiger partial charge on any atom is -0.360 e. The van der Waals surface area contributed by atoms with Gasteiger partial charge in [0.25, 0.3) is 5.91 Å². The molecule has 0 saturated heterocycles. The number of amides is 1. The Kier molecular flexibility index (Phi) is 4.04. The molecule has 110 valence electrons. The number of aromatic nitrogens is 1. The smallest absolute Gasteiger partial charge is 0.273 e. The van der Waals surface area contributed by atoms with E-state index in [1.165, 1.54) is 5.56 Å². The fourth-order valence-corrected chi connectivity index (χ4v) is 2.35. The molecule has 1 aliphatic rings. The average molecular weight is 284 g/mol. The normalized spacial score (nSPS) is 15.7. The second-order valence-corrected chi connectivity index (χ2v) is 5.79. The maximum Gasteiger partial charge on any atom is 0.273 e. The molecule has 1 aliphatic carbocycles. The van der Waals surface area contributed by atoms with Crippen molar-refractivity contribution in [3.05, 3.63) is 53.4 Å². The van der Waals surface area contributed by atoms with E-state index in [0.717, 1.165) is 31.4 Å². The maximum absolute atomic E-state index is 12.1. The Balaban J connectivity index is 1.49. The number of benzene rings is 1. The van der Waals surface area contributed by atoms with Crippen LogP contribution in [0.5, 0.6) is 0 Å². The quantitative estimate of drug-likeness (QED) is 0.885. The van der Waals surface area contributed by atoms with Crippen LogP contribution in [-0.4, -0.2) is 17.1 Å². The van der Waals surface area contributed by atoms with Crippen LogP contribution < -0.4 is 5.32 Å². The molecule has 1 unspecified atom stereocenters. The van der Waals surface area contributed by atoms with Crippen LogP contribution >= 0.6 is 0 Å². The summed E-state index contributed by atoms with van der Waals surface area (Å²) in [4.78, 5) is 12.1. The summed E-state index contributed by atoms with van der Waals surface area (Å²) in [6.07, 6.45) is 4.14. The van der Waals surface area contributed by atoms with Crippen LogP contribution in [0.1, 0.15) is 53.9 Å². The lowest BCUT2D eigenvalue weighted by molar-refractivity contribution is 0.0929. The van der Waals surface area contributed by atoms with E-state index in [-0.39, 0.29) is 11.9 Å². The van der Waals surface area contributed by atoms with E-state index in [0.29, 0.717) is 11.6 Å². The van der Waals surface area contributed by atoms with Crippen molar-refractivity contribution in [2.24, 2.45) is 0 Å². The zero-order chi connectivity index (χ0) is 14.7. The lowest BCUT2D eigenvalue weighted by atomic mass is 10.1. The van der Waals surface area contributed by atoms with Crippen molar-refractivity contribution >= 4 is 5.91 Å². The van der Waals surface area contributed by atoms with Gasteiger partial charge < -0.3 is 9.84 Å². The zero-order valence-corrected chi connectivity index (χ0v) is 12.2. The van der Waals surface area contributed by atoms with Gasteiger partial charge in [-0.3, -0.25) is 4.79 Å². The second-order valence-electron chi connectivity index (χ2n) is 5.79. The second kappa shape index (κ2) is 6.12. The highest BCUT2D eigenvalue weighted by Gasteiger charge is 2.29. The van der Waals surface area contributed by atoms with Crippen LogP contribution in [0.4, 0.5) is 0 Å². The standard InChI is InChI=1S/C17H20N2O2/c1-12(7-8-13-5-3-2-4-6-13)18-17(20)15-11-16(21-19-15)14-9-10-14/h2-6,11-12,14H,7-10H2,1H3,(H,18,20). The summed E-state index contributed by atoms with van der Waals surface area (Å²) in [7, 11) is 0. The molecule has 0 aliphatic heterocycles. The van der Waals surface area contributed by atoms with Crippen LogP contribution in [0.15, 0.2) is 40.9 Å². The maximum atomic E-state index is 12.1. The minimum atomic E-state index is -0.147. The molecule has 1 fully saturated rings. The van der Waals surface area contributed by atoms with Gasteiger partial charge in [0.1, 0.15) is 5.76 Å². The molecule has 3 rings (SSSR count). The Morgan fingerprint density at radius 3 is 2.86 bits per heavy atom. The fourth-order valence-electron chi connectivity index (χ4n) is 2.35. The van der Waals surface area contributed by atoms with Gasteiger partial charge >= 0.3 is 0 Å². The topological polar surface area (TPSA) is 55.1 Å². The van der Waals surface area contributed by atoms with Gasteiger partial charge in [-0.05, 0) is 38.2 Å². The predicted molar refractivity (Wildman–Crippen MR) is 80.2 cm³/mol. The molecule has 1 saturated carbocycles. The molecule has 1 aromatic carbocycles. The monoisotopic (exact) mass is 284 g/mol. The number of carbonyl (C=O) groups is 1. The van der Waals surface area contributed by atoms with E-state index in [1.54, 1.807) is 6.07 Å². The molecule has 0 radical (unpaired) electrons. The van der Waals surface area contributed by atoms with Crippen LogP contribution in [0.3, 0.4) is 0 Å². The molecule has 4 heteroatoms. The van der Waals surface area contributed by atoms with E-state index in [2.05, 4.69) is 22.6 Å². The molecule has 0 bridgehead atoms. The zero-order valence-electron chi connectivity index (χ0n) is 12.2. The van der Waals surface area contributed by atoms with E-state index >= 15 is 0 Å². The summed E-state index contributed by atoms with van der Waals surface area (Å²) in [6, 6.07) is 12.2. The first-order valence-electron chi connectivity index (χ1n) is 7.54. The number of hydrogen-bond donors (Lipinski definition) is 1. The van der Waals surface area contributed by atoms with Gasteiger partial charge in [-0.1, -0.05) is 35.5 Å². The van der Waals surface area contributed by atoms with Crippen LogP contribution in [0.2, 0.25) is 0 Å². The number of rotatable bonds is 6. The summed E-state index contributed by atoms with van der Waals surface area (Å²) in [6.45, 7) is 2.02. The molecule has 2 aromatic rings. The van der Waals surface area contributed by atoms with Gasteiger partial charge in [0.05, 0.1) is 0 Å². The Labute approximate surface area is 124 Å². The number of carbonyl (C=O) groups excluding carboxylic acids is 1. The van der Waals surface area contributed by atoms with Gasteiger partial charge in [0.15, 0.2) is 5.69 Å². The predicted octanol–water partition coefficient (Wildman–Crippen LogP) is 3.30. The van der Waals surface area contributed by atoms with Crippen LogP contribution in [0.25, 0.3) is 0 Å². The Hall–Kier alpha value is -2.10. The molecule has 1 atom stereocenters. The van der Waals surface area contributed by atoms with Crippen molar-refractivity contribution in [3.63, 3.8) is 0 Å². The highest BCUT2D eigenvalue weighted by molar-refractivity contribution is 5.92. The molecule has 1 amide bonds. The summed E-state index contributed by atoms with van der Waals surface area (Å²) in [5.41, 5.74) is 1.68. The lowest BCUT2D eigenvalue weighted by Crippen LogP contribution is -2.33. The van der Waals surface area contributed by atoms with Crippen LogP contribution in [-0.2, 0) is 6.42 Å². The van der Waals surface area contributed by atoms with E-state index in [9.17, 15) is 4.79 Å². The largest absolute Gasteiger partial charge is 0.360 e. The molecular formula is C17H20N2O2. The van der Waals surface area contributed by atoms with E-state index in [4.69, 9.17) is 4.52 Å². The van der Waals surface area contributed by atoms with Crippen molar-refractivity contribution < 1.29 is 9.32 Å². The fraction of sp³-hybridized carbons (Fsp3) is 0.412. The first kappa shape index (κ1) is 13.9. The molecule has 21 heavy (non-hydrogen) atoms. The first-order chi connectivity index (χ1) is 10.2. The van der Waals surface area contributed by atoms with E-state index in [1.807, 2.05) is 25.1 Å². The highest BCUT2D eigenvalue weighted by Crippen LogP contribution is 2.40. The van der Waals surface area contributed by atoms with Crippen molar-refractivity contribution in [2.75, 3.05) is 0 Å². The van der Waals surface area contributed by atoms with Gasteiger partial charge in [-0.2, -0.15) is 0 Å². The molecular weight excluding hydrogens is 264 g/mol. The number of aryl methyl sites for hydroxylation is 1. The summed E-state index contributed by atoms with van der Waals surface area (Å²) >= 11 is 0. The van der Waals surface area contributed by atoms with Crippen molar-refractivity contribution in [3.8, 4) is 0 Å². The Morgan fingerprint density at radius 2 is 2.14 bits per heavy atom. The molecule has 1 aromatic heterocycles. The van der Waals surface area contributed by atoms with Gasteiger partial charge in [-0.15, -0.1) is 0 Å². The van der Waals surface area contributed by atoms with Gasteiger partial charge in [0.2, 0.25) is 0 Å². The molecule has 1 heterocycles. The van der Waals surface area contributed by atoms with Crippen molar-refractivity contribution in [1.29, 1.82) is 0 Å². The average Bonchev–Trinajstić information content (AvgIpc) is 3.23. The summed E-state index contributed by atoms with van der Waals surface area (Å²) in [5, 5.41) is 6.84. The first-order valence-corrected chi connectivity index (χ1v) is 7.54. The SMILES string of the molecule is CC(CCc1ccccc1)NC(=O)c1cc(C2CC2)on1. The Morgan fingerprint density at radius 1 is 1.38 bits per heavy atom. The summed E-state index contributed by atoms with van der Waals surface area (Å²) < 4.78 is 5.21. The van der Waals surface area contributed by atoms with Crippen molar-refractivity contribution in [2.45, 2.75) is 44.6 Å². The highest BCUT2D eigenvalue weighted by atomic mass is 16.5. The van der Waals surface area contributed by atoms with Gasteiger partial charge in [0, 0.05) is 18.0 Å². The van der Waals surface area contributed by atoms with Crippen LogP contribution in [0, 0.1) is 0 Å².